The highest BCUT2D eigenvalue weighted by Crippen LogP contribution is 2.23. The van der Waals surface area contributed by atoms with Crippen LogP contribution in [0.3, 0.4) is 0 Å². The van der Waals surface area contributed by atoms with E-state index in [-0.39, 0.29) is 29.5 Å². The minimum absolute atomic E-state index is 0.0135. The normalized spacial score (nSPS) is 11.2. The fraction of sp³-hybridized carbons (Fsp3) is 0.250. The number of amides is 1. The van der Waals surface area contributed by atoms with E-state index < -0.39 is 12.5 Å². The van der Waals surface area contributed by atoms with Gasteiger partial charge in [-0.25, -0.2) is 4.98 Å². The molecule has 0 radical (unpaired) electrons. The van der Waals surface area contributed by atoms with Gasteiger partial charge in [0.25, 0.3) is 11.5 Å². The number of carbonyl (C=O) groups excluding carboxylic acids is 1. The van der Waals surface area contributed by atoms with Crippen molar-refractivity contribution in [1.29, 1.82) is 0 Å². The Morgan fingerprint density at radius 1 is 1.14 bits per heavy atom. The second-order valence-electron chi connectivity index (χ2n) is 6.43. The molecule has 0 aliphatic heterocycles. The molecule has 2 aromatic carbocycles. The molecule has 0 saturated carbocycles. The fourth-order valence-corrected chi connectivity index (χ4v) is 2.86. The van der Waals surface area contributed by atoms with Crippen LogP contribution in [0.2, 0.25) is 0 Å². The van der Waals surface area contributed by atoms with Crippen LogP contribution >= 0.6 is 0 Å². The number of aromatic nitrogens is 2. The summed E-state index contributed by atoms with van der Waals surface area (Å²) in [5, 5.41) is 0.448. The Hall–Kier alpha value is -3.29. The van der Waals surface area contributed by atoms with Crippen LogP contribution in [0.1, 0.15) is 30.0 Å². The maximum absolute atomic E-state index is 13.0. The number of aromatic amines is 1. The summed E-state index contributed by atoms with van der Waals surface area (Å²) in [6.45, 7) is 0.542. The topological polar surface area (TPSA) is 75.3 Å². The first kappa shape index (κ1) is 19.5. The Bertz CT molecular complexity index is 1050. The first-order chi connectivity index (χ1) is 13.4. The molecule has 1 amide bonds. The van der Waals surface area contributed by atoms with Gasteiger partial charge < -0.3 is 14.6 Å². The predicted molar refractivity (Wildman–Crippen MR) is 100 cm³/mol. The van der Waals surface area contributed by atoms with Crippen LogP contribution in [-0.4, -0.2) is 33.4 Å². The third kappa shape index (κ3) is 4.16. The molecule has 0 spiro atoms. The minimum atomic E-state index is -3.04. The molecule has 0 atom stereocenters. The molecule has 3 aromatic rings. The molecule has 0 unspecified atom stereocenters. The summed E-state index contributed by atoms with van der Waals surface area (Å²) in [4.78, 5) is 33.8. The quantitative estimate of drug-likeness (QED) is 0.702. The van der Waals surface area contributed by atoms with E-state index >= 15 is 0 Å². The van der Waals surface area contributed by atoms with E-state index in [2.05, 4.69) is 14.7 Å². The molecule has 0 bridgehead atoms. The number of H-pyrrole nitrogens is 1. The monoisotopic (exact) mass is 387 g/mol. The summed E-state index contributed by atoms with van der Waals surface area (Å²) in [7, 11) is 0. The molecular weight excluding hydrogens is 368 g/mol. The molecule has 1 heterocycles. The minimum Gasteiger partial charge on any atom is -0.434 e. The molecule has 6 nitrogen and oxygen atoms in total. The van der Waals surface area contributed by atoms with Crippen molar-refractivity contribution < 1.29 is 18.3 Å². The van der Waals surface area contributed by atoms with Gasteiger partial charge in [-0.15, -0.1) is 0 Å². The van der Waals surface area contributed by atoms with Crippen molar-refractivity contribution in [2.45, 2.75) is 33.0 Å². The average molecular weight is 387 g/mol. The second kappa shape index (κ2) is 8.16. The Morgan fingerprint density at radius 3 is 2.54 bits per heavy atom. The second-order valence-corrected chi connectivity index (χ2v) is 6.43. The number of para-hydroxylation sites is 2. The van der Waals surface area contributed by atoms with Gasteiger partial charge in [0.2, 0.25) is 0 Å². The lowest BCUT2D eigenvalue weighted by Crippen LogP contribution is -2.37. The number of fused-ring (bicyclic) bond motifs is 1. The van der Waals surface area contributed by atoms with Crippen LogP contribution in [0.25, 0.3) is 10.9 Å². The van der Waals surface area contributed by atoms with E-state index in [1.165, 1.54) is 23.1 Å². The maximum Gasteiger partial charge on any atom is 0.387 e. The highest BCUT2D eigenvalue weighted by atomic mass is 19.3. The Balaban J connectivity index is 1.95. The summed E-state index contributed by atoms with van der Waals surface area (Å²) in [6, 6.07) is 12.4. The molecular formula is C20H19F2N3O3. The van der Waals surface area contributed by atoms with E-state index in [1.807, 2.05) is 0 Å². The first-order valence-electron chi connectivity index (χ1n) is 8.69. The van der Waals surface area contributed by atoms with Gasteiger partial charge >= 0.3 is 6.61 Å². The van der Waals surface area contributed by atoms with Crippen LogP contribution < -0.4 is 10.3 Å². The van der Waals surface area contributed by atoms with Crippen molar-refractivity contribution in [3.05, 3.63) is 70.3 Å². The van der Waals surface area contributed by atoms with E-state index in [1.54, 1.807) is 44.2 Å². The van der Waals surface area contributed by atoms with Crippen LogP contribution in [0.4, 0.5) is 8.78 Å². The molecule has 0 aliphatic rings. The molecule has 1 aromatic heterocycles. The van der Waals surface area contributed by atoms with E-state index in [0.29, 0.717) is 16.7 Å². The van der Waals surface area contributed by atoms with Crippen molar-refractivity contribution in [2.75, 3.05) is 0 Å². The van der Waals surface area contributed by atoms with Crippen LogP contribution in [0, 0.1) is 0 Å². The Kier molecular flexibility index (Phi) is 5.67. The van der Waals surface area contributed by atoms with Crippen molar-refractivity contribution in [3.63, 3.8) is 0 Å². The summed E-state index contributed by atoms with van der Waals surface area (Å²) < 4.78 is 29.8. The average Bonchev–Trinajstić information content (AvgIpc) is 2.65. The zero-order valence-corrected chi connectivity index (χ0v) is 15.4. The van der Waals surface area contributed by atoms with E-state index in [0.717, 1.165) is 0 Å². The number of nitrogens with one attached hydrogen (secondary N) is 1. The number of hydrogen-bond acceptors (Lipinski definition) is 4. The van der Waals surface area contributed by atoms with Gasteiger partial charge in [-0.3, -0.25) is 9.59 Å². The van der Waals surface area contributed by atoms with Gasteiger partial charge in [0.05, 0.1) is 23.0 Å². The number of rotatable bonds is 6. The van der Waals surface area contributed by atoms with Crippen LogP contribution in [-0.2, 0) is 6.54 Å². The lowest BCUT2D eigenvalue weighted by Gasteiger charge is -2.27. The Labute approximate surface area is 159 Å². The van der Waals surface area contributed by atoms with Gasteiger partial charge in [0.1, 0.15) is 11.6 Å². The third-order valence-electron chi connectivity index (χ3n) is 4.20. The molecule has 28 heavy (non-hydrogen) atoms. The number of carbonyl (C=O) groups is 1. The van der Waals surface area contributed by atoms with Crippen LogP contribution in [0.15, 0.2) is 53.3 Å². The lowest BCUT2D eigenvalue weighted by atomic mass is 10.1. The van der Waals surface area contributed by atoms with Crippen LogP contribution in [0.5, 0.6) is 5.75 Å². The van der Waals surface area contributed by atoms with Crippen molar-refractivity contribution in [2.24, 2.45) is 0 Å². The summed E-state index contributed by atoms with van der Waals surface area (Å²) in [6.07, 6.45) is 0. The maximum atomic E-state index is 13.0. The molecule has 146 valence electrons. The highest BCUT2D eigenvalue weighted by molar-refractivity contribution is 5.97. The van der Waals surface area contributed by atoms with Crippen molar-refractivity contribution >= 4 is 16.8 Å². The fourth-order valence-electron chi connectivity index (χ4n) is 2.86. The Morgan fingerprint density at radius 2 is 1.82 bits per heavy atom. The summed E-state index contributed by atoms with van der Waals surface area (Å²) in [5.74, 6) is -0.395. The summed E-state index contributed by atoms with van der Waals surface area (Å²) in [5.41, 5.74) is 0.219. The van der Waals surface area contributed by atoms with Crippen molar-refractivity contribution in [1.82, 2.24) is 14.9 Å². The molecule has 3 rings (SSSR count). The number of alkyl halides is 2. The molecule has 0 saturated heterocycles. The van der Waals surface area contributed by atoms with Gasteiger partial charge in [-0.2, -0.15) is 8.78 Å². The molecule has 0 fully saturated rings. The zero-order chi connectivity index (χ0) is 20.3. The van der Waals surface area contributed by atoms with E-state index in [4.69, 9.17) is 0 Å². The van der Waals surface area contributed by atoms with Gasteiger partial charge in [0, 0.05) is 6.04 Å². The molecule has 0 aliphatic carbocycles. The predicted octanol–water partition coefficient (Wildman–Crippen LogP) is 3.58. The number of ether oxygens (including phenoxy) is 1. The number of hydrogen-bond donors (Lipinski definition) is 1. The number of benzene rings is 2. The molecule has 1 N–H and O–H groups in total. The van der Waals surface area contributed by atoms with Gasteiger partial charge in [-0.05, 0) is 38.1 Å². The lowest BCUT2D eigenvalue weighted by molar-refractivity contribution is -0.0503. The number of nitrogens with zero attached hydrogens (tertiary/aromatic N) is 2. The van der Waals surface area contributed by atoms with Gasteiger partial charge in [0.15, 0.2) is 0 Å². The standard InChI is InChI=1S/C20H19F2N3O3/c1-12(2)25(19(27)14-8-4-6-10-16(14)28-20(21)22)11-17-23-15-9-5-3-7-13(15)18(26)24-17/h3-10,12,20H,11H2,1-2H3,(H,23,24,26). The van der Waals surface area contributed by atoms with Crippen molar-refractivity contribution in [3.8, 4) is 5.75 Å². The molecule has 8 heteroatoms. The third-order valence-corrected chi connectivity index (χ3v) is 4.20. The highest BCUT2D eigenvalue weighted by Gasteiger charge is 2.24. The summed E-state index contributed by atoms with van der Waals surface area (Å²) >= 11 is 0. The number of halogens is 2. The SMILES string of the molecule is CC(C)N(Cc1nc2ccccc2c(=O)[nH]1)C(=O)c1ccccc1OC(F)F. The largest absolute Gasteiger partial charge is 0.434 e. The van der Waals surface area contributed by atoms with Gasteiger partial charge in [-0.1, -0.05) is 24.3 Å². The van der Waals surface area contributed by atoms with E-state index in [9.17, 15) is 18.4 Å². The first-order valence-corrected chi connectivity index (χ1v) is 8.69. The smallest absolute Gasteiger partial charge is 0.387 e. The zero-order valence-electron chi connectivity index (χ0n) is 15.4.